The van der Waals surface area contributed by atoms with Crippen LogP contribution in [0, 0.1) is 13.8 Å². The molecule has 3 nitrogen and oxygen atoms in total. The Hall–Kier alpha value is -2.46. The number of H-pyrrole nitrogens is 1. The summed E-state index contributed by atoms with van der Waals surface area (Å²) in [7, 11) is 0. The fraction of sp³-hybridized carbons (Fsp3) is 0.111. The van der Waals surface area contributed by atoms with Gasteiger partial charge < -0.3 is 0 Å². The van der Waals surface area contributed by atoms with Crippen molar-refractivity contribution in [2.45, 2.75) is 13.8 Å². The van der Waals surface area contributed by atoms with Gasteiger partial charge in [0, 0.05) is 16.3 Å². The summed E-state index contributed by atoms with van der Waals surface area (Å²) in [6.07, 6.45) is 0. The molecule has 0 saturated carbocycles. The van der Waals surface area contributed by atoms with E-state index in [4.69, 9.17) is 4.98 Å². The highest BCUT2D eigenvalue weighted by molar-refractivity contribution is 7.13. The minimum atomic E-state index is 0.928. The number of hydrogen-bond acceptors (Lipinski definition) is 3. The molecule has 108 valence electrons. The van der Waals surface area contributed by atoms with Crippen molar-refractivity contribution in [3.05, 3.63) is 59.0 Å². The average molecular weight is 305 g/mol. The second kappa shape index (κ2) is 5.07. The highest BCUT2D eigenvalue weighted by atomic mass is 32.1. The third-order valence-corrected chi connectivity index (χ3v) is 4.70. The van der Waals surface area contributed by atoms with Crippen molar-refractivity contribution in [3.63, 3.8) is 0 Å². The Balaban J connectivity index is 1.83. The Labute approximate surface area is 132 Å². The Morgan fingerprint density at radius 3 is 2.82 bits per heavy atom. The monoisotopic (exact) mass is 305 g/mol. The van der Waals surface area contributed by atoms with Crippen LogP contribution in [0.5, 0.6) is 0 Å². The molecule has 2 aromatic carbocycles. The van der Waals surface area contributed by atoms with Gasteiger partial charge in [-0.1, -0.05) is 35.9 Å². The summed E-state index contributed by atoms with van der Waals surface area (Å²) in [6, 6.07) is 14.6. The lowest BCUT2D eigenvalue weighted by molar-refractivity contribution is 1.12. The lowest BCUT2D eigenvalue weighted by Crippen LogP contribution is -1.85. The van der Waals surface area contributed by atoms with Crippen LogP contribution < -0.4 is 0 Å². The fourth-order valence-corrected chi connectivity index (χ4v) is 3.47. The lowest BCUT2D eigenvalue weighted by Gasteiger charge is -2.03. The van der Waals surface area contributed by atoms with Gasteiger partial charge in [0.15, 0.2) is 0 Å². The summed E-state index contributed by atoms with van der Waals surface area (Å²) in [5, 5.41) is 11.7. The van der Waals surface area contributed by atoms with Crippen LogP contribution in [0.25, 0.3) is 32.9 Å². The van der Waals surface area contributed by atoms with Crippen molar-refractivity contribution in [2.24, 2.45) is 0 Å². The predicted molar refractivity (Wildman–Crippen MR) is 92.1 cm³/mol. The van der Waals surface area contributed by atoms with Gasteiger partial charge >= 0.3 is 0 Å². The van der Waals surface area contributed by atoms with Crippen LogP contribution in [-0.2, 0) is 0 Å². The molecule has 4 rings (SSSR count). The molecule has 2 aromatic heterocycles. The number of aromatic nitrogens is 3. The van der Waals surface area contributed by atoms with E-state index >= 15 is 0 Å². The van der Waals surface area contributed by atoms with E-state index in [1.807, 2.05) is 18.2 Å². The van der Waals surface area contributed by atoms with Crippen molar-refractivity contribution in [3.8, 4) is 22.0 Å². The maximum atomic E-state index is 4.81. The number of para-hydroxylation sites is 1. The summed E-state index contributed by atoms with van der Waals surface area (Å²) in [4.78, 5) is 4.81. The number of fused-ring (bicyclic) bond motifs is 1. The Kier molecular flexibility index (Phi) is 3.05. The summed E-state index contributed by atoms with van der Waals surface area (Å²) < 4.78 is 0. The number of nitrogens with zero attached hydrogens (tertiary/aromatic N) is 2. The van der Waals surface area contributed by atoms with Gasteiger partial charge in [0.05, 0.1) is 11.2 Å². The minimum Gasteiger partial charge on any atom is -0.277 e. The molecule has 0 unspecified atom stereocenters. The maximum absolute atomic E-state index is 4.81. The number of hydrogen-bond donors (Lipinski definition) is 1. The molecule has 4 aromatic rings. The highest BCUT2D eigenvalue weighted by Gasteiger charge is 2.13. The van der Waals surface area contributed by atoms with Crippen LogP contribution in [0.4, 0.5) is 0 Å². The summed E-state index contributed by atoms with van der Waals surface area (Å²) in [5.74, 6) is 0. The number of aryl methyl sites for hydroxylation is 2. The number of aromatic amines is 1. The summed E-state index contributed by atoms with van der Waals surface area (Å²) >= 11 is 1.64. The lowest BCUT2D eigenvalue weighted by atomic mass is 10.0. The number of nitrogens with one attached hydrogen (secondary N) is 1. The van der Waals surface area contributed by atoms with Crippen molar-refractivity contribution in [1.82, 2.24) is 15.2 Å². The smallest absolute Gasteiger partial charge is 0.145 e. The van der Waals surface area contributed by atoms with Crippen molar-refractivity contribution in [2.75, 3.05) is 0 Å². The molecule has 1 N–H and O–H groups in total. The largest absolute Gasteiger partial charge is 0.277 e. The zero-order valence-corrected chi connectivity index (χ0v) is 13.2. The number of rotatable bonds is 2. The van der Waals surface area contributed by atoms with Gasteiger partial charge in [0.1, 0.15) is 10.7 Å². The second-order valence-corrected chi connectivity index (χ2v) is 6.33. The normalized spacial score (nSPS) is 11.2. The number of benzene rings is 2. The minimum absolute atomic E-state index is 0.928. The first-order valence-corrected chi connectivity index (χ1v) is 8.07. The van der Waals surface area contributed by atoms with E-state index < -0.39 is 0 Å². The predicted octanol–water partition coefficient (Wildman–Crippen LogP) is 4.97. The van der Waals surface area contributed by atoms with Gasteiger partial charge in [-0.15, -0.1) is 11.3 Å². The van der Waals surface area contributed by atoms with Gasteiger partial charge in [0.25, 0.3) is 0 Å². The third-order valence-electron chi connectivity index (χ3n) is 3.85. The van der Waals surface area contributed by atoms with Crippen LogP contribution in [0.15, 0.2) is 47.8 Å². The highest BCUT2D eigenvalue weighted by Crippen LogP contribution is 2.33. The second-order valence-electron chi connectivity index (χ2n) is 5.47. The van der Waals surface area contributed by atoms with Crippen LogP contribution in [0.1, 0.15) is 11.1 Å². The molecule has 0 atom stereocenters. The summed E-state index contributed by atoms with van der Waals surface area (Å²) in [6.45, 7) is 4.23. The Bertz CT molecular complexity index is 965. The Morgan fingerprint density at radius 2 is 1.91 bits per heavy atom. The zero-order chi connectivity index (χ0) is 15.1. The van der Waals surface area contributed by atoms with Crippen molar-refractivity contribution >= 4 is 22.2 Å². The molecule has 0 fully saturated rings. The molecule has 0 aliphatic heterocycles. The maximum Gasteiger partial charge on any atom is 0.145 e. The van der Waals surface area contributed by atoms with Crippen molar-refractivity contribution in [1.29, 1.82) is 0 Å². The van der Waals surface area contributed by atoms with E-state index in [2.05, 4.69) is 53.7 Å². The molecular weight excluding hydrogens is 290 g/mol. The van der Waals surface area contributed by atoms with Gasteiger partial charge in [-0.05, 0) is 31.5 Å². The fourth-order valence-electron chi connectivity index (χ4n) is 2.64. The first-order valence-electron chi connectivity index (χ1n) is 7.19. The molecule has 0 aliphatic carbocycles. The molecule has 0 radical (unpaired) electrons. The molecule has 2 heterocycles. The molecule has 0 saturated heterocycles. The van der Waals surface area contributed by atoms with Gasteiger partial charge in [-0.25, -0.2) is 4.98 Å². The van der Waals surface area contributed by atoms with Gasteiger partial charge in [-0.2, -0.15) is 5.10 Å². The van der Waals surface area contributed by atoms with E-state index in [-0.39, 0.29) is 0 Å². The number of thiazole rings is 1. The standard InChI is InChI=1S/C18H15N3S/c1-11-7-8-12(2)14(9-11)16-10-22-18(19-16)17-13-5-3-4-6-15(13)20-21-17/h3-10H,1-2H3,(H,20,21). The molecule has 0 aliphatic rings. The molecule has 0 amide bonds. The van der Waals surface area contributed by atoms with E-state index in [1.165, 1.54) is 16.7 Å². The SMILES string of the molecule is Cc1ccc(C)c(-c2csc(-c3n[nH]c4ccccc34)n2)c1. The van der Waals surface area contributed by atoms with E-state index in [1.54, 1.807) is 11.3 Å². The van der Waals surface area contributed by atoms with Crippen LogP contribution in [0.2, 0.25) is 0 Å². The van der Waals surface area contributed by atoms with E-state index in [0.717, 1.165) is 27.3 Å². The van der Waals surface area contributed by atoms with E-state index in [9.17, 15) is 0 Å². The molecule has 22 heavy (non-hydrogen) atoms. The van der Waals surface area contributed by atoms with Crippen molar-refractivity contribution < 1.29 is 0 Å². The Morgan fingerprint density at radius 1 is 1.05 bits per heavy atom. The average Bonchev–Trinajstić information content (AvgIpc) is 3.16. The topological polar surface area (TPSA) is 41.6 Å². The molecule has 0 spiro atoms. The van der Waals surface area contributed by atoms with Crippen LogP contribution in [-0.4, -0.2) is 15.2 Å². The first kappa shape index (κ1) is 13.2. The third kappa shape index (κ3) is 2.12. The molecular formula is C18H15N3S. The first-order chi connectivity index (χ1) is 10.7. The molecule has 0 bridgehead atoms. The van der Waals surface area contributed by atoms with Crippen LogP contribution in [0.3, 0.4) is 0 Å². The quantitative estimate of drug-likeness (QED) is 0.568. The van der Waals surface area contributed by atoms with Gasteiger partial charge in [0.2, 0.25) is 0 Å². The molecule has 4 heteroatoms. The zero-order valence-electron chi connectivity index (χ0n) is 12.4. The van der Waals surface area contributed by atoms with E-state index in [0.29, 0.717) is 0 Å². The van der Waals surface area contributed by atoms with Gasteiger partial charge in [-0.3, -0.25) is 5.10 Å². The van der Waals surface area contributed by atoms with Crippen LogP contribution >= 0.6 is 11.3 Å². The summed E-state index contributed by atoms with van der Waals surface area (Å²) in [5.41, 5.74) is 6.68.